The molecule has 0 aliphatic rings. The molecule has 0 aromatic heterocycles. The first-order valence-electron chi connectivity index (χ1n) is 40.7. The van der Waals surface area contributed by atoms with Gasteiger partial charge in [-0.2, -0.15) is 0 Å². The molecular formula is C89H144O16P2. The second kappa shape index (κ2) is 79.9. The minimum absolute atomic E-state index is 0.0214. The Bertz CT molecular complexity index is 2720. The maximum absolute atomic E-state index is 12.9. The third-order valence-corrected chi connectivity index (χ3v) is 18.2. The maximum Gasteiger partial charge on any atom is 0.472 e. The second-order valence-electron chi connectivity index (χ2n) is 26.5. The van der Waals surface area contributed by atoms with Crippen molar-refractivity contribution in [2.24, 2.45) is 0 Å². The summed E-state index contributed by atoms with van der Waals surface area (Å²) < 4.78 is 61.0. The number of rotatable bonds is 75. The van der Waals surface area contributed by atoms with Crippen molar-refractivity contribution in [2.75, 3.05) is 39.6 Å². The van der Waals surface area contributed by atoms with Gasteiger partial charge in [0.1, 0.15) is 25.4 Å². The summed E-state index contributed by atoms with van der Waals surface area (Å²) in [5.74, 6) is -1.79. The first kappa shape index (κ1) is 101. The van der Waals surface area contributed by atoms with Crippen LogP contribution in [0, 0.1) is 0 Å². The topological polar surface area (TPSA) is 231 Å². The molecule has 0 amide bonds. The highest BCUT2D eigenvalue weighted by Crippen LogP contribution is 2.45. The van der Waals surface area contributed by atoms with Gasteiger partial charge < -0.3 is 34.2 Å². The maximum atomic E-state index is 12.9. The number of hydrogen-bond donors (Lipinski definition) is 4. The fraction of sp³-hybridized carbons (Fsp3) is 0.607. The van der Waals surface area contributed by atoms with Crippen molar-refractivity contribution in [1.82, 2.24) is 0 Å². The Hall–Kier alpha value is -5.61. The van der Waals surface area contributed by atoms with Gasteiger partial charge in [-0.3, -0.25) is 32.5 Å². The molecule has 0 aliphatic heterocycles. The number of hydrogen-bond acceptors (Lipinski definition) is 14. The number of ether oxygens (including phenoxy) is 3. The van der Waals surface area contributed by atoms with E-state index in [9.17, 15) is 43.5 Å². The number of allylic oxidation sites excluding steroid dienone is 32. The number of phosphoric acid groups is 2. The third kappa shape index (κ3) is 81.2. The monoisotopic (exact) mass is 1530 g/mol. The summed E-state index contributed by atoms with van der Waals surface area (Å²) in [6, 6.07) is 0. The lowest BCUT2D eigenvalue weighted by molar-refractivity contribution is -0.161. The minimum Gasteiger partial charge on any atom is -0.463 e. The molecule has 0 aromatic carbocycles. The Morgan fingerprint density at radius 3 is 0.841 bits per heavy atom. The van der Waals surface area contributed by atoms with Gasteiger partial charge in [-0.25, -0.2) is 9.13 Å². The van der Waals surface area contributed by atoms with Gasteiger partial charge in [-0.05, 0) is 141 Å². The smallest absolute Gasteiger partial charge is 0.463 e. The van der Waals surface area contributed by atoms with Gasteiger partial charge in [0.15, 0.2) is 6.10 Å². The molecule has 18 heteroatoms. The van der Waals surface area contributed by atoms with Crippen LogP contribution in [0.1, 0.15) is 290 Å². The van der Waals surface area contributed by atoms with Crippen molar-refractivity contribution >= 4 is 33.6 Å². The zero-order chi connectivity index (χ0) is 78.0. The quantitative estimate of drug-likeness (QED) is 0.0146. The predicted molar refractivity (Wildman–Crippen MR) is 444 cm³/mol. The van der Waals surface area contributed by atoms with E-state index in [0.29, 0.717) is 32.1 Å². The summed E-state index contributed by atoms with van der Waals surface area (Å²) in [6.45, 7) is 2.23. The van der Waals surface area contributed by atoms with Crippen LogP contribution in [0.2, 0.25) is 0 Å². The molecule has 4 N–H and O–H groups in total. The molecule has 0 aliphatic carbocycles. The highest BCUT2D eigenvalue weighted by molar-refractivity contribution is 7.47. The van der Waals surface area contributed by atoms with Gasteiger partial charge in [0, 0.05) is 19.3 Å². The average Bonchev–Trinajstić information content (AvgIpc) is 0.934. The molecule has 0 spiro atoms. The highest BCUT2D eigenvalue weighted by Gasteiger charge is 2.29. The molecule has 606 valence electrons. The fourth-order valence-electron chi connectivity index (χ4n) is 10.2. The SMILES string of the molecule is CC/C=C\C/C=C\C/C=C\C/C=C\C/C=C\C/C=C\CCC(=O)OCC(COP(=O)(O)OCC(O)COP(=O)(O)OCC(O)COC(=O)CCCCCCCCCCCCCCCCCCC/C=C\C/C=C\C/C=C\C/C=C\CCCCC)OC(=O)CC/C=C\C/C=C\C/C=C\C/C=C\C/C=C\C/C=C\CC. The number of phosphoric ester groups is 2. The molecule has 0 heterocycles. The minimum atomic E-state index is -4.98. The van der Waals surface area contributed by atoms with Crippen LogP contribution >= 0.6 is 15.6 Å². The molecule has 0 bridgehead atoms. The third-order valence-electron chi connectivity index (χ3n) is 16.3. The van der Waals surface area contributed by atoms with Gasteiger partial charge in [0.05, 0.1) is 26.4 Å². The average molecular weight is 1530 g/mol. The molecule has 0 fully saturated rings. The van der Waals surface area contributed by atoms with Crippen LogP contribution in [0.25, 0.3) is 0 Å². The summed E-state index contributed by atoms with van der Waals surface area (Å²) in [6.07, 6.45) is 105. The second-order valence-corrected chi connectivity index (χ2v) is 29.4. The van der Waals surface area contributed by atoms with Crippen LogP contribution in [-0.4, -0.2) is 95.9 Å². The first-order chi connectivity index (χ1) is 52.2. The summed E-state index contributed by atoms with van der Waals surface area (Å²) in [7, 11) is -9.85. The van der Waals surface area contributed by atoms with Gasteiger partial charge in [-0.15, -0.1) is 0 Å². The molecule has 16 nitrogen and oxygen atoms in total. The fourth-order valence-corrected chi connectivity index (χ4v) is 11.8. The molecule has 5 atom stereocenters. The van der Waals surface area contributed by atoms with Crippen molar-refractivity contribution in [2.45, 2.75) is 309 Å². The van der Waals surface area contributed by atoms with E-state index in [-0.39, 0.29) is 19.3 Å². The van der Waals surface area contributed by atoms with Crippen molar-refractivity contribution in [3.05, 3.63) is 194 Å². The summed E-state index contributed by atoms with van der Waals surface area (Å²) in [5, 5.41) is 20.7. The Morgan fingerprint density at radius 2 is 0.514 bits per heavy atom. The van der Waals surface area contributed by atoms with Gasteiger partial charge in [-0.1, -0.05) is 324 Å². The van der Waals surface area contributed by atoms with Crippen LogP contribution in [-0.2, 0) is 55.8 Å². The number of aliphatic hydroxyl groups is 2. The standard InChI is InChI=1S/C89H144O16P2/c1-4-7-10-13-16-19-22-25-28-31-34-35-36-37-38-39-40-41-42-43-44-45-46-47-50-52-54-57-60-63-66-69-72-75-87(92)99-78-84(90)79-101-106(95,96)102-80-85(91)81-103-107(97,98)104-83-86(105-89(94)77-74-71-68-65-62-59-56-53-49-33-30-27-24-21-18-15-12-9-6-3)82-100-88(93)76-73-70-67-64-61-58-55-51-48-32-29-26-23-20-17-14-11-8-5-2/h8-9,11-12,16-21,25-30,34-35,37-38,48-49,51,53,58-59,61-62,67-68,70-71,84-86,90-91H,4-7,10,13-15,22-24,31-33,36,39-47,50,52,54-57,60,63-66,69,72-83H2,1-3H3,(H,95,96)(H,97,98)/b11-8-,12-9-,19-16-,20-17-,21-18-,28-25-,29-26-,30-27-,35-34-,38-37-,51-48-,53-49-,61-58-,62-59-,70-67-,71-68-. The van der Waals surface area contributed by atoms with E-state index in [2.05, 4.69) is 179 Å². The van der Waals surface area contributed by atoms with E-state index < -0.39 is 91.5 Å². The molecule has 0 saturated heterocycles. The van der Waals surface area contributed by atoms with E-state index in [1.165, 1.54) is 116 Å². The van der Waals surface area contributed by atoms with E-state index >= 15 is 0 Å². The van der Waals surface area contributed by atoms with Crippen LogP contribution in [0.15, 0.2) is 194 Å². The largest absolute Gasteiger partial charge is 0.472 e. The van der Waals surface area contributed by atoms with Crippen molar-refractivity contribution in [3.8, 4) is 0 Å². The van der Waals surface area contributed by atoms with Crippen molar-refractivity contribution < 1.29 is 75.8 Å². The van der Waals surface area contributed by atoms with Gasteiger partial charge in [0.2, 0.25) is 0 Å². The summed E-state index contributed by atoms with van der Waals surface area (Å²) in [5.41, 5.74) is 0. The molecule has 0 aromatic rings. The lowest BCUT2D eigenvalue weighted by Crippen LogP contribution is -2.29. The van der Waals surface area contributed by atoms with Crippen LogP contribution in [0.4, 0.5) is 0 Å². The lowest BCUT2D eigenvalue weighted by Gasteiger charge is -2.21. The zero-order valence-corrected chi connectivity index (χ0v) is 68.0. The van der Waals surface area contributed by atoms with Gasteiger partial charge >= 0.3 is 33.6 Å². The first-order valence-corrected chi connectivity index (χ1v) is 43.7. The lowest BCUT2D eigenvalue weighted by atomic mass is 10.0. The number of carbonyl (C=O) groups excluding carboxylic acids is 3. The molecule has 0 rings (SSSR count). The Labute approximate surface area is 648 Å². The van der Waals surface area contributed by atoms with Crippen LogP contribution in [0.3, 0.4) is 0 Å². The van der Waals surface area contributed by atoms with E-state index in [1.807, 2.05) is 36.5 Å². The van der Waals surface area contributed by atoms with Crippen LogP contribution < -0.4 is 0 Å². The summed E-state index contributed by atoms with van der Waals surface area (Å²) in [4.78, 5) is 58.6. The van der Waals surface area contributed by atoms with E-state index in [4.69, 9.17) is 32.3 Å². The highest BCUT2D eigenvalue weighted by atomic mass is 31.2. The van der Waals surface area contributed by atoms with E-state index in [1.54, 1.807) is 0 Å². The molecule has 0 radical (unpaired) electrons. The number of aliphatic hydroxyl groups excluding tert-OH is 2. The molecule has 5 unspecified atom stereocenters. The van der Waals surface area contributed by atoms with Crippen molar-refractivity contribution in [1.29, 1.82) is 0 Å². The van der Waals surface area contributed by atoms with E-state index in [0.717, 1.165) is 103 Å². The molecular weight excluding hydrogens is 1390 g/mol. The van der Waals surface area contributed by atoms with Crippen molar-refractivity contribution in [3.63, 3.8) is 0 Å². The summed E-state index contributed by atoms with van der Waals surface area (Å²) >= 11 is 0. The number of carbonyl (C=O) groups is 3. The normalized spacial score (nSPS) is 14.9. The zero-order valence-electron chi connectivity index (χ0n) is 66.2. The van der Waals surface area contributed by atoms with Crippen LogP contribution in [0.5, 0.6) is 0 Å². The number of esters is 3. The Kier molecular flexibility index (Phi) is 75.7. The number of unbranched alkanes of at least 4 members (excludes halogenated alkanes) is 20. The molecule has 0 saturated carbocycles. The Morgan fingerprint density at radius 1 is 0.271 bits per heavy atom. The van der Waals surface area contributed by atoms with Gasteiger partial charge in [0.25, 0.3) is 0 Å². The Balaban J connectivity index is 4.60. The molecule has 107 heavy (non-hydrogen) atoms. The predicted octanol–water partition coefficient (Wildman–Crippen LogP) is 24.3.